The Labute approximate surface area is 94.4 Å². The van der Waals surface area contributed by atoms with E-state index < -0.39 is 0 Å². The van der Waals surface area contributed by atoms with Crippen molar-refractivity contribution in [2.24, 2.45) is 23.2 Å². The molecular formula is C14H26N+. The first-order valence-electron chi connectivity index (χ1n) is 6.90. The summed E-state index contributed by atoms with van der Waals surface area (Å²) >= 11 is 0. The van der Waals surface area contributed by atoms with E-state index >= 15 is 0 Å². The first kappa shape index (κ1) is 10.1. The number of hydrogen-bond donors (Lipinski definition) is 0. The molecule has 0 radical (unpaired) electrons. The van der Waals surface area contributed by atoms with E-state index in [-0.39, 0.29) is 0 Å². The summed E-state index contributed by atoms with van der Waals surface area (Å²) in [6.45, 7) is 9.33. The summed E-state index contributed by atoms with van der Waals surface area (Å²) in [6.07, 6.45) is 6.00. The molecule has 1 heterocycles. The zero-order valence-electron chi connectivity index (χ0n) is 10.6. The van der Waals surface area contributed by atoms with Gasteiger partial charge in [0.05, 0.1) is 26.7 Å². The molecule has 0 amide bonds. The minimum atomic E-state index is 0.749. The Kier molecular flexibility index (Phi) is 2.03. The number of quaternary nitrogens is 1. The number of nitrogens with zero attached hydrogens (tertiary/aromatic N) is 1. The first-order chi connectivity index (χ1) is 7.06. The zero-order valence-corrected chi connectivity index (χ0v) is 10.6. The molecule has 2 aliphatic carbocycles. The molecule has 2 bridgehead atoms. The summed E-state index contributed by atoms with van der Waals surface area (Å²) in [4.78, 5) is 0. The maximum absolute atomic E-state index is 2.58. The summed E-state index contributed by atoms with van der Waals surface area (Å²) in [5, 5.41) is 0. The van der Waals surface area contributed by atoms with Crippen molar-refractivity contribution in [3.63, 3.8) is 0 Å². The summed E-state index contributed by atoms with van der Waals surface area (Å²) < 4.78 is 1.39. The van der Waals surface area contributed by atoms with Crippen molar-refractivity contribution < 1.29 is 4.48 Å². The highest BCUT2D eigenvalue weighted by Crippen LogP contribution is 2.63. The van der Waals surface area contributed by atoms with Crippen LogP contribution >= 0.6 is 0 Å². The van der Waals surface area contributed by atoms with Crippen molar-refractivity contribution in [3.05, 3.63) is 0 Å². The number of rotatable bonds is 2. The quantitative estimate of drug-likeness (QED) is 0.612. The molecule has 5 atom stereocenters. The fourth-order valence-electron chi connectivity index (χ4n) is 5.28. The second-order valence-electron chi connectivity index (χ2n) is 7.14. The SMILES string of the molecule is CCC[N@+]1(C)CC2C(C1)[C@]1(C)CC[C@H]2C1. The van der Waals surface area contributed by atoms with Gasteiger partial charge in [0.15, 0.2) is 0 Å². The predicted molar refractivity (Wildman–Crippen MR) is 63.5 cm³/mol. The van der Waals surface area contributed by atoms with Gasteiger partial charge in [-0.25, -0.2) is 0 Å². The van der Waals surface area contributed by atoms with Crippen LogP contribution in [-0.2, 0) is 0 Å². The van der Waals surface area contributed by atoms with Gasteiger partial charge in [-0.15, -0.1) is 0 Å². The third-order valence-corrected chi connectivity index (χ3v) is 5.88. The van der Waals surface area contributed by atoms with Crippen LogP contribution in [0.2, 0.25) is 0 Å². The first-order valence-corrected chi connectivity index (χ1v) is 6.90. The molecule has 0 aromatic heterocycles. The van der Waals surface area contributed by atoms with Gasteiger partial charge in [-0.2, -0.15) is 0 Å². The standard InChI is InChI=1S/C14H26N/c1-4-7-15(3)9-12-11-5-6-14(2,8-11)13(12)10-15/h11-13H,4-10H2,1-3H3/q+1/t11-,12?,13?,14+,15+/m0/s1. The monoisotopic (exact) mass is 208 g/mol. The van der Waals surface area contributed by atoms with Gasteiger partial charge < -0.3 is 4.48 Å². The Morgan fingerprint density at radius 1 is 1.33 bits per heavy atom. The second-order valence-corrected chi connectivity index (χ2v) is 7.14. The van der Waals surface area contributed by atoms with Crippen molar-refractivity contribution in [2.45, 2.75) is 39.5 Å². The lowest BCUT2D eigenvalue weighted by Crippen LogP contribution is -2.44. The van der Waals surface area contributed by atoms with Crippen LogP contribution in [0.15, 0.2) is 0 Å². The average molecular weight is 208 g/mol. The highest BCUT2D eigenvalue weighted by atomic mass is 15.4. The summed E-state index contributed by atoms with van der Waals surface area (Å²) in [7, 11) is 2.50. The van der Waals surface area contributed by atoms with Gasteiger partial charge in [-0.3, -0.25) is 0 Å². The normalized spacial score (nSPS) is 57.4. The van der Waals surface area contributed by atoms with Crippen LogP contribution in [0.4, 0.5) is 0 Å². The van der Waals surface area contributed by atoms with Gasteiger partial charge >= 0.3 is 0 Å². The molecule has 3 fully saturated rings. The average Bonchev–Trinajstić information content (AvgIpc) is 2.74. The smallest absolute Gasteiger partial charge is 0.0823 e. The Morgan fingerprint density at radius 3 is 2.80 bits per heavy atom. The highest BCUT2D eigenvalue weighted by Gasteiger charge is 2.61. The topological polar surface area (TPSA) is 0 Å². The van der Waals surface area contributed by atoms with E-state index in [0.717, 1.165) is 23.2 Å². The summed E-state index contributed by atoms with van der Waals surface area (Å²) in [6, 6.07) is 0. The zero-order chi connectivity index (χ0) is 10.7. The molecule has 3 aliphatic rings. The maximum Gasteiger partial charge on any atom is 0.0823 e. The third-order valence-electron chi connectivity index (χ3n) is 5.88. The Morgan fingerprint density at radius 2 is 2.13 bits per heavy atom. The van der Waals surface area contributed by atoms with Crippen molar-refractivity contribution in [1.82, 2.24) is 0 Å². The fraction of sp³-hybridized carbons (Fsp3) is 1.00. The van der Waals surface area contributed by atoms with Gasteiger partial charge in [-0.05, 0) is 37.0 Å². The Bertz CT molecular complexity index is 275. The molecule has 0 spiro atoms. The molecule has 2 unspecified atom stereocenters. The third kappa shape index (κ3) is 1.32. The molecule has 2 saturated carbocycles. The largest absolute Gasteiger partial charge is 0.326 e. The van der Waals surface area contributed by atoms with Crippen LogP contribution < -0.4 is 0 Å². The molecule has 1 heteroatoms. The maximum atomic E-state index is 2.58. The van der Waals surface area contributed by atoms with E-state index in [9.17, 15) is 0 Å². The minimum Gasteiger partial charge on any atom is -0.326 e. The van der Waals surface area contributed by atoms with E-state index in [1.54, 1.807) is 12.8 Å². The molecule has 1 aliphatic heterocycles. The summed E-state index contributed by atoms with van der Waals surface area (Å²) in [5.74, 6) is 3.28. The molecule has 0 aromatic rings. The fourth-order valence-corrected chi connectivity index (χ4v) is 5.28. The molecule has 86 valence electrons. The molecule has 0 N–H and O–H groups in total. The van der Waals surface area contributed by atoms with Crippen molar-refractivity contribution >= 4 is 0 Å². The predicted octanol–water partition coefficient (Wildman–Crippen LogP) is 2.91. The van der Waals surface area contributed by atoms with Crippen molar-refractivity contribution in [2.75, 3.05) is 26.7 Å². The van der Waals surface area contributed by atoms with Crippen molar-refractivity contribution in [1.29, 1.82) is 0 Å². The van der Waals surface area contributed by atoms with Crippen molar-refractivity contribution in [3.8, 4) is 0 Å². The van der Waals surface area contributed by atoms with Gasteiger partial charge in [-0.1, -0.05) is 13.8 Å². The van der Waals surface area contributed by atoms with Crippen LogP contribution in [-0.4, -0.2) is 31.2 Å². The van der Waals surface area contributed by atoms with Crippen LogP contribution in [0.3, 0.4) is 0 Å². The molecule has 3 rings (SSSR count). The van der Waals surface area contributed by atoms with E-state index in [1.165, 1.54) is 37.0 Å². The molecule has 0 aromatic carbocycles. The number of fused-ring (bicyclic) bond motifs is 5. The van der Waals surface area contributed by atoms with Crippen LogP contribution in [0.1, 0.15) is 39.5 Å². The minimum absolute atomic E-state index is 0.749. The lowest BCUT2D eigenvalue weighted by Gasteiger charge is -2.33. The molecule has 1 nitrogen and oxygen atoms in total. The second kappa shape index (κ2) is 3.00. The molecular weight excluding hydrogens is 182 g/mol. The van der Waals surface area contributed by atoms with Gasteiger partial charge in [0.2, 0.25) is 0 Å². The number of hydrogen-bond acceptors (Lipinski definition) is 0. The van der Waals surface area contributed by atoms with Crippen LogP contribution in [0, 0.1) is 23.2 Å². The van der Waals surface area contributed by atoms with E-state index in [4.69, 9.17) is 0 Å². The number of likely N-dealkylation sites (tertiary alicyclic amines) is 1. The van der Waals surface area contributed by atoms with Gasteiger partial charge in [0.25, 0.3) is 0 Å². The Balaban J connectivity index is 1.81. The molecule has 15 heavy (non-hydrogen) atoms. The summed E-state index contributed by atoms with van der Waals surface area (Å²) in [5.41, 5.74) is 0.749. The van der Waals surface area contributed by atoms with E-state index in [1.807, 2.05) is 0 Å². The highest BCUT2D eigenvalue weighted by molar-refractivity contribution is 5.05. The van der Waals surface area contributed by atoms with Gasteiger partial charge in [0, 0.05) is 11.8 Å². The lowest BCUT2D eigenvalue weighted by atomic mass is 9.73. The molecule has 1 saturated heterocycles. The Hall–Kier alpha value is -0.0400. The van der Waals surface area contributed by atoms with E-state index in [2.05, 4.69) is 20.9 Å². The van der Waals surface area contributed by atoms with Crippen LogP contribution in [0.5, 0.6) is 0 Å². The van der Waals surface area contributed by atoms with Gasteiger partial charge in [0.1, 0.15) is 0 Å². The van der Waals surface area contributed by atoms with Crippen LogP contribution in [0.25, 0.3) is 0 Å². The lowest BCUT2D eigenvalue weighted by molar-refractivity contribution is -0.901. The van der Waals surface area contributed by atoms with E-state index in [0.29, 0.717) is 0 Å².